The highest BCUT2D eigenvalue weighted by Crippen LogP contribution is 2.39. The van der Waals surface area contributed by atoms with Gasteiger partial charge >= 0.3 is 6.03 Å². The second-order valence-electron chi connectivity index (χ2n) is 7.97. The monoisotopic (exact) mass is 444 g/mol. The number of carbonyl (C=O) groups excluding carboxylic acids is 2. The lowest BCUT2D eigenvalue weighted by molar-refractivity contribution is -0.131. The number of urea groups is 1. The zero-order valence-corrected chi connectivity index (χ0v) is 17.7. The highest BCUT2D eigenvalue weighted by molar-refractivity contribution is 6.32. The Hall–Kier alpha value is -3.13. The summed E-state index contributed by atoms with van der Waals surface area (Å²) >= 11 is 6.36. The predicted molar refractivity (Wildman–Crippen MR) is 111 cm³/mol. The van der Waals surface area contributed by atoms with Gasteiger partial charge in [0.25, 0.3) is 5.91 Å². The van der Waals surface area contributed by atoms with Gasteiger partial charge in [-0.25, -0.2) is 4.79 Å². The van der Waals surface area contributed by atoms with Crippen molar-refractivity contribution in [3.63, 3.8) is 0 Å². The van der Waals surface area contributed by atoms with Crippen LogP contribution in [0.15, 0.2) is 30.3 Å². The van der Waals surface area contributed by atoms with Crippen LogP contribution in [0.4, 0.5) is 4.79 Å². The summed E-state index contributed by atoms with van der Waals surface area (Å²) in [4.78, 5) is 27.1. The Morgan fingerprint density at radius 3 is 2.65 bits per heavy atom. The van der Waals surface area contributed by atoms with E-state index in [1.165, 1.54) is 4.90 Å². The van der Waals surface area contributed by atoms with Crippen LogP contribution in [0.25, 0.3) is 0 Å². The third kappa shape index (κ3) is 3.61. The van der Waals surface area contributed by atoms with Crippen molar-refractivity contribution >= 4 is 23.5 Å². The summed E-state index contributed by atoms with van der Waals surface area (Å²) in [5.41, 5.74) is 0.478. The maximum absolute atomic E-state index is 13.2. The van der Waals surface area contributed by atoms with Crippen molar-refractivity contribution in [2.45, 2.75) is 31.8 Å². The summed E-state index contributed by atoms with van der Waals surface area (Å²) in [7, 11) is 0. The third-order valence-electron chi connectivity index (χ3n) is 5.54. The molecule has 9 heteroatoms. The Labute approximate surface area is 184 Å². The van der Waals surface area contributed by atoms with Gasteiger partial charge in [0.2, 0.25) is 6.79 Å². The van der Waals surface area contributed by atoms with Crippen molar-refractivity contribution in [1.82, 2.24) is 10.2 Å². The first-order valence-corrected chi connectivity index (χ1v) is 10.4. The minimum atomic E-state index is -1.07. The van der Waals surface area contributed by atoms with Crippen molar-refractivity contribution in [3.05, 3.63) is 46.5 Å². The van der Waals surface area contributed by atoms with Crippen molar-refractivity contribution < 1.29 is 28.5 Å². The lowest BCUT2D eigenvalue weighted by atomic mass is 9.92. The molecule has 1 saturated heterocycles. The lowest BCUT2D eigenvalue weighted by Gasteiger charge is -2.22. The number of ether oxygens (including phenoxy) is 4. The van der Waals surface area contributed by atoms with Gasteiger partial charge in [0.05, 0.1) is 24.8 Å². The van der Waals surface area contributed by atoms with Crippen molar-refractivity contribution in [2.75, 3.05) is 20.0 Å². The van der Waals surface area contributed by atoms with Crippen LogP contribution >= 0.6 is 11.6 Å². The summed E-state index contributed by atoms with van der Waals surface area (Å²) in [6, 6.07) is 8.52. The van der Waals surface area contributed by atoms with E-state index in [0.717, 1.165) is 12.0 Å². The molecule has 1 N–H and O–H groups in total. The maximum atomic E-state index is 13.2. The number of carbonyl (C=O) groups is 2. The minimum absolute atomic E-state index is 0.0811. The van der Waals surface area contributed by atoms with E-state index in [-0.39, 0.29) is 19.2 Å². The minimum Gasteiger partial charge on any atom is -0.489 e. The van der Waals surface area contributed by atoms with E-state index in [1.54, 1.807) is 25.1 Å². The van der Waals surface area contributed by atoms with Crippen molar-refractivity contribution in [1.29, 1.82) is 0 Å². The number of hydrogen-bond acceptors (Lipinski definition) is 6. The molecule has 0 unspecified atom stereocenters. The molecular weight excluding hydrogens is 424 g/mol. The summed E-state index contributed by atoms with van der Waals surface area (Å²) in [5, 5.41) is 3.22. The molecule has 162 valence electrons. The Morgan fingerprint density at radius 1 is 1.00 bits per heavy atom. The zero-order chi connectivity index (χ0) is 21.6. The maximum Gasteiger partial charge on any atom is 0.325 e. The van der Waals surface area contributed by atoms with Crippen LogP contribution in [0, 0.1) is 0 Å². The van der Waals surface area contributed by atoms with Crippen LogP contribution in [0.2, 0.25) is 5.02 Å². The van der Waals surface area contributed by atoms with E-state index in [9.17, 15) is 9.59 Å². The first-order chi connectivity index (χ1) is 14.9. The van der Waals surface area contributed by atoms with Crippen LogP contribution < -0.4 is 24.3 Å². The first kappa shape index (κ1) is 19.8. The molecule has 1 fully saturated rings. The Bertz CT molecular complexity index is 1070. The molecule has 8 nitrogen and oxygen atoms in total. The summed E-state index contributed by atoms with van der Waals surface area (Å²) in [6.45, 7) is 3.02. The van der Waals surface area contributed by atoms with Gasteiger partial charge in [-0.2, -0.15) is 0 Å². The SMILES string of the molecule is C[C@@]1(Cc2ccc3c(c2)OCO3)NC(=O)N(Cc2cc(Cl)c3c(c2)OCCCO3)C1=O. The van der Waals surface area contributed by atoms with E-state index >= 15 is 0 Å². The average molecular weight is 445 g/mol. The number of halogens is 1. The number of nitrogens with one attached hydrogen (secondary N) is 1. The van der Waals surface area contributed by atoms with Crippen LogP contribution in [0.5, 0.6) is 23.0 Å². The van der Waals surface area contributed by atoms with Gasteiger partial charge in [0, 0.05) is 12.8 Å². The Morgan fingerprint density at radius 2 is 1.77 bits per heavy atom. The molecule has 0 saturated carbocycles. The number of benzene rings is 2. The fourth-order valence-electron chi connectivity index (χ4n) is 4.03. The third-order valence-corrected chi connectivity index (χ3v) is 5.82. The fourth-order valence-corrected chi connectivity index (χ4v) is 4.32. The molecule has 1 atom stereocenters. The molecule has 0 aliphatic carbocycles. The van der Waals surface area contributed by atoms with E-state index in [1.807, 2.05) is 12.1 Å². The quantitative estimate of drug-likeness (QED) is 0.728. The molecule has 3 aliphatic rings. The van der Waals surface area contributed by atoms with Gasteiger partial charge in [-0.15, -0.1) is 0 Å². The Balaban J connectivity index is 1.35. The van der Waals surface area contributed by atoms with Gasteiger partial charge in [-0.1, -0.05) is 17.7 Å². The summed E-state index contributed by atoms with van der Waals surface area (Å²) < 4.78 is 22.1. The molecule has 2 aromatic rings. The van der Waals surface area contributed by atoms with E-state index in [2.05, 4.69) is 5.32 Å². The molecule has 0 aromatic heterocycles. The smallest absolute Gasteiger partial charge is 0.325 e. The number of imide groups is 1. The number of rotatable bonds is 4. The molecule has 5 rings (SSSR count). The van der Waals surface area contributed by atoms with Crippen LogP contribution in [-0.2, 0) is 17.8 Å². The number of fused-ring (bicyclic) bond motifs is 2. The highest BCUT2D eigenvalue weighted by Gasteiger charge is 2.47. The molecule has 3 heterocycles. The van der Waals surface area contributed by atoms with Gasteiger partial charge < -0.3 is 24.3 Å². The lowest BCUT2D eigenvalue weighted by Crippen LogP contribution is -2.45. The number of hydrogen-bond donors (Lipinski definition) is 1. The molecule has 2 aromatic carbocycles. The van der Waals surface area contributed by atoms with E-state index in [0.29, 0.717) is 53.2 Å². The largest absolute Gasteiger partial charge is 0.489 e. The van der Waals surface area contributed by atoms with E-state index < -0.39 is 11.6 Å². The second kappa shape index (κ2) is 7.53. The molecule has 0 bridgehead atoms. The van der Waals surface area contributed by atoms with E-state index in [4.69, 9.17) is 30.5 Å². The van der Waals surface area contributed by atoms with Gasteiger partial charge in [-0.3, -0.25) is 9.69 Å². The van der Waals surface area contributed by atoms with Crippen LogP contribution in [0.1, 0.15) is 24.5 Å². The molecule has 0 spiro atoms. The molecular formula is C22H21ClN2O6. The topological polar surface area (TPSA) is 86.3 Å². The van der Waals surface area contributed by atoms with Crippen LogP contribution in [0.3, 0.4) is 0 Å². The average Bonchev–Trinajstić information content (AvgIpc) is 3.16. The Kier molecular flexibility index (Phi) is 4.81. The molecule has 3 aliphatic heterocycles. The van der Waals surface area contributed by atoms with Crippen molar-refractivity contribution in [2.24, 2.45) is 0 Å². The van der Waals surface area contributed by atoms with Crippen molar-refractivity contribution in [3.8, 4) is 23.0 Å². The standard InChI is InChI=1S/C22H21ClN2O6/c1-22(10-13-3-4-16-17(8-13)31-12-30-16)20(26)25(21(27)24-22)11-14-7-15(23)19-18(9-14)28-5-2-6-29-19/h3-4,7-9H,2,5-6,10-12H2,1H3,(H,24,27)/t22-/m0/s1. The number of nitrogens with zero attached hydrogens (tertiary/aromatic N) is 1. The normalized spacial score (nSPS) is 21.8. The zero-order valence-electron chi connectivity index (χ0n) is 16.9. The molecule has 3 amide bonds. The molecule has 0 radical (unpaired) electrons. The van der Waals surface area contributed by atoms with Gasteiger partial charge in [0.1, 0.15) is 5.54 Å². The first-order valence-electron chi connectivity index (χ1n) is 10.0. The number of amides is 3. The summed E-state index contributed by atoms with van der Waals surface area (Å²) in [5.74, 6) is 2.02. The van der Waals surface area contributed by atoms with Gasteiger partial charge in [-0.05, 0) is 42.3 Å². The van der Waals surface area contributed by atoms with Crippen LogP contribution in [-0.4, -0.2) is 42.4 Å². The fraction of sp³-hybridized carbons (Fsp3) is 0.364. The predicted octanol–water partition coefficient (Wildman–Crippen LogP) is 3.28. The second-order valence-corrected chi connectivity index (χ2v) is 8.38. The van der Waals surface area contributed by atoms with Gasteiger partial charge in [0.15, 0.2) is 23.0 Å². The molecule has 31 heavy (non-hydrogen) atoms. The highest BCUT2D eigenvalue weighted by atomic mass is 35.5. The summed E-state index contributed by atoms with van der Waals surface area (Å²) in [6.07, 6.45) is 1.08.